The minimum absolute atomic E-state index is 0.130. The summed E-state index contributed by atoms with van der Waals surface area (Å²) in [6.07, 6.45) is 2.11. The number of fused-ring (bicyclic) bond motifs is 1. The maximum atomic E-state index is 13.8. The van der Waals surface area contributed by atoms with Crippen LogP contribution in [0.2, 0.25) is 0 Å². The molecule has 2 heterocycles. The Balaban J connectivity index is 1.66. The van der Waals surface area contributed by atoms with Gasteiger partial charge < -0.3 is 14.5 Å². The van der Waals surface area contributed by atoms with E-state index in [2.05, 4.69) is 5.32 Å². The second-order valence-electron chi connectivity index (χ2n) is 7.57. The Morgan fingerprint density at radius 1 is 1.13 bits per heavy atom. The van der Waals surface area contributed by atoms with Gasteiger partial charge in [-0.3, -0.25) is 4.79 Å². The average Bonchev–Trinajstić information content (AvgIpc) is 3.11. The zero-order valence-corrected chi connectivity index (χ0v) is 17.8. The van der Waals surface area contributed by atoms with Gasteiger partial charge in [0.1, 0.15) is 17.2 Å². The number of carbonyl (C=O) groups excluding carboxylic acids is 1. The maximum absolute atomic E-state index is 13.8. The molecule has 0 radical (unpaired) electrons. The van der Waals surface area contributed by atoms with Crippen molar-refractivity contribution in [3.63, 3.8) is 0 Å². The van der Waals surface area contributed by atoms with Gasteiger partial charge in [-0.15, -0.1) is 0 Å². The zero-order valence-electron chi connectivity index (χ0n) is 17.8. The van der Waals surface area contributed by atoms with Gasteiger partial charge in [0.25, 0.3) is 0 Å². The molecule has 0 saturated heterocycles. The van der Waals surface area contributed by atoms with E-state index in [1.807, 2.05) is 53.9 Å². The average molecular weight is 417 g/mol. The molecule has 0 saturated carbocycles. The SMILES string of the molecule is COc1ccccc1CNC(=O)Cc1c(-c2ccc(F)c(C)c2)nc2ccc(C)cn12. The number of benzene rings is 2. The molecular formula is C25H24FN3O2. The third-order valence-corrected chi connectivity index (χ3v) is 5.29. The highest BCUT2D eigenvalue weighted by atomic mass is 19.1. The van der Waals surface area contributed by atoms with E-state index in [0.717, 1.165) is 33.8 Å². The molecule has 0 fully saturated rings. The van der Waals surface area contributed by atoms with Crippen LogP contribution in [0.25, 0.3) is 16.9 Å². The summed E-state index contributed by atoms with van der Waals surface area (Å²) in [7, 11) is 1.61. The van der Waals surface area contributed by atoms with Crippen molar-refractivity contribution in [1.82, 2.24) is 14.7 Å². The molecule has 0 spiro atoms. The monoisotopic (exact) mass is 417 g/mol. The molecule has 0 aliphatic carbocycles. The lowest BCUT2D eigenvalue weighted by molar-refractivity contribution is -0.120. The van der Waals surface area contributed by atoms with Crippen LogP contribution < -0.4 is 10.1 Å². The normalized spacial score (nSPS) is 11.0. The maximum Gasteiger partial charge on any atom is 0.226 e. The number of aryl methyl sites for hydroxylation is 2. The van der Waals surface area contributed by atoms with Crippen LogP contribution in [-0.2, 0) is 17.8 Å². The first kappa shape index (κ1) is 20.6. The lowest BCUT2D eigenvalue weighted by Crippen LogP contribution is -2.25. The van der Waals surface area contributed by atoms with Crippen LogP contribution in [-0.4, -0.2) is 22.4 Å². The molecule has 4 aromatic rings. The summed E-state index contributed by atoms with van der Waals surface area (Å²) in [5.41, 5.74) is 5.48. The fourth-order valence-corrected chi connectivity index (χ4v) is 3.65. The Hall–Kier alpha value is -3.67. The van der Waals surface area contributed by atoms with E-state index in [-0.39, 0.29) is 18.1 Å². The number of rotatable bonds is 6. The molecule has 158 valence electrons. The molecule has 0 bridgehead atoms. The number of para-hydroxylation sites is 1. The lowest BCUT2D eigenvalue weighted by atomic mass is 10.1. The van der Waals surface area contributed by atoms with Crippen LogP contribution in [0.5, 0.6) is 5.75 Å². The first-order chi connectivity index (χ1) is 15.0. The summed E-state index contributed by atoms with van der Waals surface area (Å²) in [5.74, 6) is 0.337. The summed E-state index contributed by atoms with van der Waals surface area (Å²) in [6, 6.07) is 16.4. The molecule has 31 heavy (non-hydrogen) atoms. The fraction of sp³-hybridized carbons (Fsp3) is 0.200. The standard InChI is InChI=1S/C25H24FN3O2/c1-16-8-11-23-28-25(18-9-10-20(26)17(2)12-18)21(29(23)15-16)13-24(30)27-14-19-6-4-5-7-22(19)31-3/h4-12,15H,13-14H2,1-3H3,(H,27,30). The minimum Gasteiger partial charge on any atom is -0.496 e. The molecule has 0 aliphatic heterocycles. The Morgan fingerprint density at radius 2 is 1.94 bits per heavy atom. The fourth-order valence-electron chi connectivity index (χ4n) is 3.65. The van der Waals surface area contributed by atoms with Crippen molar-refractivity contribution in [2.75, 3.05) is 7.11 Å². The number of imidazole rings is 1. The van der Waals surface area contributed by atoms with E-state index < -0.39 is 0 Å². The number of nitrogens with one attached hydrogen (secondary N) is 1. The van der Waals surface area contributed by atoms with Gasteiger partial charge in [-0.1, -0.05) is 24.3 Å². The smallest absolute Gasteiger partial charge is 0.226 e. The highest BCUT2D eigenvalue weighted by Crippen LogP contribution is 2.27. The third kappa shape index (κ3) is 4.28. The van der Waals surface area contributed by atoms with Gasteiger partial charge in [-0.2, -0.15) is 0 Å². The molecular weight excluding hydrogens is 393 g/mol. The van der Waals surface area contributed by atoms with Gasteiger partial charge >= 0.3 is 0 Å². The molecule has 2 aromatic heterocycles. The summed E-state index contributed by atoms with van der Waals surface area (Å²) < 4.78 is 21.1. The number of nitrogens with zero attached hydrogens (tertiary/aromatic N) is 2. The number of carbonyl (C=O) groups is 1. The predicted octanol–water partition coefficient (Wildman–Crippen LogP) is 4.62. The van der Waals surface area contributed by atoms with Crippen molar-refractivity contribution < 1.29 is 13.9 Å². The Labute approximate surface area is 180 Å². The van der Waals surface area contributed by atoms with Crippen LogP contribution in [0.4, 0.5) is 4.39 Å². The minimum atomic E-state index is -0.264. The zero-order chi connectivity index (χ0) is 22.0. The van der Waals surface area contributed by atoms with E-state index in [9.17, 15) is 9.18 Å². The first-order valence-electron chi connectivity index (χ1n) is 10.1. The molecule has 0 atom stereocenters. The number of amides is 1. The van der Waals surface area contributed by atoms with Crippen molar-refractivity contribution in [3.8, 4) is 17.0 Å². The van der Waals surface area contributed by atoms with Crippen LogP contribution >= 0.6 is 0 Å². The Kier molecular flexibility index (Phi) is 5.71. The van der Waals surface area contributed by atoms with E-state index in [4.69, 9.17) is 9.72 Å². The van der Waals surface area contributed by atoms with Crippen molar-refractivity contribution in [2.45, 2.75) is 26.8 Å². The third-order valence-electron chi connectivity index (χ3n) is 5.29. The topological polar surface area (TPSA) is 55.6 Å². The number of hydrogen-bond donors (Lipinski definition) is 1. The van der Waals surface area contributed by atoms with Gasteiger partial charge in [0.15, 0.2) is 0 Å². The largest absolute Gasteiger partial charge is 0.496 e. The second-order valence-corrected chi connectivity index (χ2v) is 7.57. The van der Waals surface area contributed by atoms with Gasteiger partial charge in [0, 0.05) is 23.9 Å². The summed E-state index contributed by atoms with van der Waals surface area (Å²) in [4.78, 5) is 17.6. The molecule has 1 amide bonds. The highest BCUT2D eigenvalue weighted by Gasteiger charge is 2.18. The van der Waals surface area contributed by atoms with Crippen molar-refractivity contribution in [1.29, 1.82) is 0 Å². The van der Waals surface area contributed by atoms with Crippen molar-refractivity contribution in [2.24, 2.45) is 0 Å². The number of methoxy groups -OCH3 is 1. The number of ether oxygens (including phenoxy) is 1. The second kappa shape index (κ2) is 8.60. The molecule has 6 heteroatoms. The Morgan fingerprint density at radius 3 is 2.71 bits per heavy atom. The van der Waals surface area contributed by atoms with Gasteiger partial charge in [0.05, 0.1) is 24.9 Å². The molecule has 2 aromatic carbocycles. The quantitative estimate of drug-likeness (QED) is 0.498. The molecule has 1 N–H and O–H groups in total. The van der Waals surface area contributed by atoms with Crippen LogP contribution in [0.3, 0.4) is 0 Å². The summed E-state index contributed by atoms with van der Waals surface area (Å²) >= 11 is 0. The van der Waals surface area contributed by atoms with Gasteiger partial charge in [0.2, 0.25) is 5.91 Å². The van der Waals surface area contributed by atoms with Gasteiger partial charge in [-0.05, 0) is 55.3 Å². The molecule has 0 unspecified atom stereocenters. The number of aromatic nitrogens is 2. The molecule has 5 nitrogen and oxygen atoms in total. The van der Waals surface area contributed by atoms with Crippen molar-refractivity contribution >= 4 is 11.6 Å². The number of pyridine rings is 1. The molecule has 0 aliphatic rings. The highest BCUT2D eigenvalue weighted by molar-refractivity contribution is 5.81. The van der Waals surface area contributed by atoms with Crippen LogP contribution in [0.1, 0.15) is 22.4 Å². The molecule has 4 rings (SSSR count). The Bertz CT molecular complexity index is 1260. The number of halogens is 1. The van der Waals surface area contributed by atoms with E-state index in [0.29, 0.717) is 17.8 Å². The summed E-state index contributed by atoms with van der Waals surface area (Å²) in [5, 5.41) is 2.97. The van der Waals surface area contributed by atoms with Crippen LogP contribution in [0.15, 0.2) is 60.8 Å². The van der Waals surface area contributed by atoms with Crippen LogP contribution in [0, 0.1) is 19.7 Å². The van der Waals surface area contributed by atoms with Crippen molar-refractivity contribution in [3.05, 3.63) is 89.0 Å². The van der Waals surface area contributed by atoms with Gasteiger partial charge in [-0.25, -0.2) is 9.37 Å². The summed E-state index contributed by atoms with van der Waals surface area (Å²) in [6.45, 7) is 4.08. The lowest BCUT2D eigenvalue weighted by Gasteiger charge is -2.11. The predicted molar refractivity (Wildman–Crippen MR) is 119 cm³/mol. The van der Waals surface area contributed by atoms with E-state index in [1.54, 1.807) is 26.2 Å². The van der Waals surface area contributed by atoms with E-state index in [1.165, 1.54) is 6.07 Å². The number of hydrogen-bond acceptors (Lipinski definition) is 3. The first-order valence-corrected chi connectivity index (χ1v) is 10.1. The van der Waals surface area contributed by atoms with E-state index >= 15 is 0 Å².